The largest absolute Gasteiger partial charge is 0.317 e. The number of hydrogen-bond donors (Lipinski definition) is 1. The number of rotatable bonds is 5. The van der Waals surface area contributed by atoms with Gasteiger partial charge in [-0.15, -0.1) is 0 Å². The van der Waals surface area contributed by atoms with Crippen molar-refractivity contribution in [1.82, 2.24) is 5.32 Å². The molecule has 19 heavy (non-hydrogen) atoms. The van der Waals surface area contributed by atoms with E-state index < -0.39 is 0 Å². The summed E-state index contributed by atoms with van der Waals surface area (Å²) in [6, 6.07) is 6.11. The van der Waals surface area contributed by atoms with Gasteiger partial charge in [-0.25, -0.2) is 0 Å². The number of hydrogen-bond acceptors (Lipinski definition) is 1. The van der Waals surface area contributed by atoms with Crippen LogP contribution >= 0.6 is 23.2 Å². The number of nitrogens with one attached hydrogen (secondary N) is 1. The molecular weight excluding hydrogens is 277 g/mol. The average Bonchev–Trinajstić information content (AvgIpc) is 2.39. The van der Waals surface area contributed by atoms with Crippen LogP contribution in [0.15, 0.2) is 18.2 Å². The molecule has 0 aromatic heterocycles. The molecule has 1 fully saturated rings. The number of benzene rings is 1. The van der Waals surface area contributed by atoms with Crippen LogP contribution in [-0.4, -0.2) is 13.1 Å². The molecule has 0 heterocycles. The van der Waals surface area contributed by atoms with E-state index in [-0.39, 0.29) is 0 Å². The third-order valence-corrected chi connectivity index (χ3v) is 4.61. The van der Waals surface area contributed by atoms with Gasteiger partial charge in [0.05, 0.1) is 10.0 Å². The molecule has 1 aliphatic rings. The molecule has 3 heteroatoms. The second-order valence-corrected chi connectivity index (χ2v) is 5.68. The molecule has 1 N–H and O–H groups in total. The molecule has 0 atom stereocenters. The second-order valence-electron chi connectivity index (χ2n) is 4.87. The molecule has 0 aliphatic heterocycles. The van der Waals surface area contributed by atoms with Gasteiger partial charge in [-0.3, -0.25) is 0 Å². The van der Waals surface area contributed by atoms with E-state index in [4.69, 9.17) is 23.2 Å². The zero-order valence-corrected chi connectivity index (χ0v) is 13.7. The van der Waals surface area contributed by atoms with Crippen LogP contribution in [0.4, 0.5) is 0 Å². The third-order valence-electron chi connectivity index (χ3n) is 3.87. The maximum atomic E-state index is 6.11. The third kappa shape index (κ3) is 4.11. The Kier molecular flexibility index (Phi) is 7.20. The molecular formula is C16H25Cl2N. The maximum absolute atomic E-state index is 6.11. The number of halogens is 2. The fraction of sp³-hybridized carbons (Fsp3) is 0.625. The lowest BCUT2D eigenvalue weighted by Gasteiger charge is -2.43. The summed E-state index contributed by atoms with van der Waals surface area (Å²) in [5.74, 6) is 0. The summed E-state index contributed by atoms with van der Waals surface area (Å²) in [5, 5.41) is 4.74. The molecule has 0 amide bonds. The van der Waals surface area contributed by atoms with Gasteiger partial charge in [-0.2, -0.15) is 0 Å². The predicted octanol–water partition coefficient (Wildman–Crippen LogP) is 5.44. The Hall–Kier alpha value is -0.240. The van der Waals surface area contributed by atoms with Crippen molar-refractivity contribution in [2.45, 2.75) is 51.9 Å². The average molecular weight is 302 g/mol. The Morgan fingerprint density at radius 1 is 1.16 bits per heavy atom. The first-order valence-electron chi connectivity index (χ1n) is 7.34. The summed E-state index contributed by atoms with van der Waals surface area (Å²) in [6.45, 7) is 8.26. The standard InChI is InChI=1S/C14H19Cl2N.C2H6/c1-2-17-9-8-14(6-3-7-14)11-4-5-12(15)13(16)10-11;1-2/h4-5,10,17H,2-3,6-9H2,1H3;1-2H3. The molecule has 1 aromatic carbocycles. The molecule has 1 nitrogen and oxygen atoms in total. The van der Waals surface area contributed by atoms with Crippen molar-refractivity contribution in [3.05, 3.63) is 33.8 Å². The molecule has 1 saturated carbocycles. The quantitative estimate of drug-likeness (QED) is 0.714. The van der Waals surface area contributed by atoms with Gasteiger partial charge in [0, 0.05) is 0 Å². The molecule has 0 unspecified atom stereocenters. The van der Waals surface area contributed by atoms with E-state index in [1.165, 1.54) is 31.2 Å². The normalized spacial score (nSPS) is 16.3. The highest BCUT2D eigenvalue weighted by Gasteiger charge is 2.38. The Morgan fingerprint density at radius 3 is 2.32 bits per heavy atom. The first kappa shape index (κ1) is 16.8. The topological polar surface area (TPSA) is 12.0 Å². The fourth-order valence-electron chi connectivity index (χ4n) is 2.62. The van der Waals surface area contributed by atoms with Gasteiger partial charge in [0.15, 0.2) is 0 Å². The first-order chi connectivity index (χ1) is 9.18. The van der Waals surface area contributed by atoms with Gasteiger partial charge < -0.3 is 5.32 Å². The van der Waals surface area contributed by atoms with E-state index in [0.717, 1.165) is 13.1 Å². The van der Waals surface area contributed by atoms with Gasteiger partial charge in [0.1, 0.15) is 0 Å². The van der Waals surface area contributed by atoms with E-state index in [1.807, 2.05) is 19.9 Å². The molecule has 2 rings (SSSR count). The van der Waals surface area contributed by atoms with E-state index in [2.05, 4.69) is 24.4 Å². The predicted molar refractivity (Wildman–Crippen MR) is 86.5 cm³/mol. The van der Waals surface area contributed by atoms with Crippen molar-refractivity contribution in [2.24, 2.45) is 0 Å². The highest BCUT2D eigenvalue weighted by atomic mass is 35.5. The van der Waals surface area contributed by atoms with Gasteiger partial charge >= 0.3 is 0 Å². The van der Waals surface area contributed by atoms with Crippen LogP contribution in [0.3, 0.4) is 0 Å². The van der Waals surface area contributed by atoms with Crippen LogP contribution in [0.5, 0.6) is 0 Å². The molecule has 0 spiro atoms. The Bertz CT molecular complexity index is 386. The Labute approximate surface area is 127 Å². The van der Waals surface area contributed by atoms with Crippen molar-refractivity contribution in [2.75, 3.05) is 13.1 Å². The summed E-state index contributed by atoms with van der Waals surface area (Å²) in [5.41, 5.74) is 1.70. The van der Waals surface area contributed by atoms with E-state index in [1.54, 1.807) is 0 Å². The lowest BCUT2D eigenvalue weighted by atomic mass is 9.62. The molecule has 0 saturated heterocycles. The zero-order chi connectivity index (χ0) is 14.3. The maximum Gasteiger partial charge on any atom is 0.0595 e. The van der Waals surface area contributed by atoms with Crippen molar-refractivity contribution in [1.29, 1.82) is 0 Å². The molecule has 1 aromatic rings. The Morgan fingerprint density at radius 2 is 1.84 bits per heavy atom. The lowest BCUT2D eigenvalue weighted by molar-refractivity contribution is 0.224. The summed E-state index contributed by atoms with van der Waals surface area (Å²) >= 11 is 12.1. The molecule has 0 radical (unpaired) electrons. The van der Waals surface area contributed by atoms with Crippen LogP contribution in [0, 0.1) is 0 Å². The monoisotopic (exact) mass is 301 g/mol. The van der Waals surface area contributed by atoms with E-state index >= 15 is 0 Å². The van der Waals surface area contributed by atoms with Gasteiger partial charge in [0.25, 0.3) is 0 Å². The van der Waals surface area contributed by atoms with Crippen LogP contribution in [0.1, 0.15) is 52.0 Å². The van der Waals surface area contributed by atoms with Crippen molar-refractivity contribution < 1.29 is 0 Å². The highest BCUT2D eigenvalue weighted by Crippen LogP contribution is 2.47. The van der Waals surface area contributed by atoms with Gasteiger partial charge in [0.2, 0.25) is 0 Å². The van der Waals surface area contributed by atoms with Crippen LogP contribution < -0.4 is 5.32 Å². The van der Waals surface area contributed by atoms with E-state index in [9.17, 15) is 0 Å². The van der Waals surface area contributed by atoms with Crippen LogP contribution in [0.25, 0.3) is 0 Å². The SMILES string of the molecule is CC.CCNCCC1(c2ccc(Cl)c(Cl)c2)CCC1. The fourth-order valence-corrected chi connectivity index (χ4v) is 2.92. The van der Waals surface area contributed by atoms with E-state index in [0.29, 0.717) is 15.5 Å². The summed E-state index contributed by atoms with van der Waals surface area (Å²) in [6.07, 6.45) is 5.07. The highest BCUT2D eigenvalue weighted by molar-refractivity contribution is 6.42. The lowest BCUT2D eigenvalue weighted by Crippen LogP contribution is -2.37. The molecule has 108 valence electrons. The van der Waals surface area contributed by atoms with Crippen LogP contribution in [0.2, 0.25) is 10.0 Å². The molecule has 1 aliphatic carbocycles. The minimum Gasteiger partial charge on any atom is -0.317 e. The summed E-state index contributed by atoms with van der Waals surface area (Å²) in [4.78, 5) is 0. The molecule has 0 bridgehead atoms. The van der Waals surface area contributed by atoms with Gasteiger partial charge in [-0.1, -0.05) is 56.5 Å². The second kappa shape index (κ2) is 8.14. The zero-order valence-electron chi connectivity index (χ0n) is 12.2. The van der Waals surface area contributed by atoms with Crippen molar-refractivity contribution in [3.63, 3.8) is 0 Å². The summed E-state index contributed by atoms with van der Waals surface area (Å²) < 4.78 is 0. The minimum atomic E-state index is 0.344. The first-order valence-corrected chi connectivity index (χ1v) is 8.10. The van der Waals surface area contributed by atoms with Crippen molar-refractivity contribution in [3.8, 4) is 0 Å². The van der Waals surface area contributed by atoms with Gasteiger partial charge in [-0.05, 0) is 55.5 Å². The van der Waals surface area contributed by atoms with Crippen LogP contribution in [-0.2, 0) is 5.41 Å². The Balaban J connectivity index is 0.000000861. The summed E-state index contributed by atoms with van der Waals surface area (Å²) in [7, 11) is 0. The van der Waals surface area contributed by atoms with Crippen molar-refractivity contribution >= 4 is 23.2 Å². The minimum absolute atomic E-state index is 0.344. The smallest absolute Gasteiger partial charge is 0.0595 e.